The number of aromatic nitrogens is 4. The number of carbonyl (C=O) groups excluding carboxylic acids is 1. The number of nitrogens with zero attached hydrogens (tertiary/aromatic N) is 6. The number of nitrogens with one attached hydrogen (secondary N) is 1. The number of benzene rings is 2. The molecule has 2 aromatic heterocycles. The van der Waals surface area contributed by atoms with E-state index in [4.69, 9.17) is 4.98 Å². The van der Waals surface area contributed by atoms with Gasteiger partial charge in [-0.15, -0.1) is 0 Å². The van der Waals surface area contributed by atoms with Gasteiger partial charge in [0.05, 0.1) is 23.3 Å². The van der Waals surface area contributed by atoms with Crippen LogP contribution in [0.15, 0.2) is 73.1 Å². The van der Waals surface area contributed by atoms with Crippen molar-refractivity contribution in [3.05, 3.63) is 84.2 Å². The molecule has 8 nitrogen and oxygen atoms in total. The van der Waals surface area contributed by atoms with Crippen LogP contribution in [0.4, 0.5) is 11.6 Å². The van der Waals surface area contributed by atoms with Crippen LogP contribution in [0, 0.1) is 6.92 Å². The highest BCUT2D eigenvalue weighted by molar-refractivity contribution is 5.76. The van der Waals surface area contributed by atoms with Gasteiger partial charge >= 0.3 is 0 Å². The molecule has 8 heteroatoms. The van der Waals surface area contributed by atoms with Gasteiger partial charge in [-0.25, -0.2) is 14.6 Å². The van der Waals surface area contributed by atoms with Crippen LogP contribution in [0.25, 0.3) is 17.1 Å². The summed E-state index contributed by atoms with van der Waals surface area (Å²) in [4.78, 5) is 25.4. The molecule has 0 saturated carbocycles. The Balaban J connectivity index is 1.35. The predicted octanol–water partition coefficient (Wildman–Crippen LogP) is 4.05. The third-order valence-electron chi connectivity index (χ3n) is 6.18. The number of carbonyl (C=O) groups is 1. The van der Waals surface area contributed by atoms with Crippen molar-refractivity contribution < 1.29 is 4.79 Å². The van der Waals surface area contributed by atoms with E-state index < -0.39 is 0 Å². The minimum absolute atomic E-state index is 0.213. The molecule has 0 spiro atoms. The second-order valence-electron chi connectivity index (χ2n) is 8.90. The number of aryl methyl sites for hydroxylation is 1. The molecule has 3 heterocycles. The normalized spacial score (nSPS) is 14.7. The summed E-state index contributed by atoms with van der Waals surface area (Å²) >= 11 is 0. The van der Waals surface area contributed by atoms with Gasteiger partial charge in [0.15, 0.2) is 0 Å². The van der Waals surface area contributed by atoms with Crippen molar-refractivity contribution in [2.24, 2.45) is 0 Å². The molecule has 1 saturated heterocycles. The van der Waals surface area contributed by atoms with Crippen LogP contribution in [0.5, 0.6) is 0 Å². The number of likely N-dealkylation sites (N-methyl/N-ethyl adjacent to an activating group) is 1. The van der Waals surface area contributed by atoms with Crippen molar-refractivity contribution in [1.82, 2.24) is 29.5 Å². The maximum atomic E-state index is 12.0. The second kappa shape index (κ2) is 10.1. The summed E-state index contributed by atoms with van der Waals surface area (Å²) in [5.41, 5.74) is 5.96. The average molecular weight is 468 g/mol. The summed E-state index contributed by atoms with van der Waals surface area (Å²) < 4.78 is 1.88. The van der Waals surface area contributed by atoms with Crippen molar-refractivity contribution in [2.45, 2.75) is 19.9 Å². The SMILES string of the molecule is Cc1cc(CN2CCC(=O)N(C)CC2)cc(Nc2nccc(-c3ccnn3-c3ccccc3)n2)c1. The van der Waals surface area contributed by atoms with Crippen LogP contribution < -0.4 is 5.32 Å². The van der Waals surface area contributed by atoms with Crippen molar-refractivity contribution >= 4 is 17.5 Å². The van der Waals surface area contributed by atoms with Gasteiger partial charge in [-0.05, 0) is 54.4 Å². The van der Waals surface area contributed by atoms with E-state index in [0.717, 1.165) is 54.5 Å². The molecule has 0 aliphatic carbocycles. The molecule has 2 aromatic carbocycles. The van der Waals surface area contributed by atoms with Gasteiger partial charge in [0.2, 0.25) is 11.9 Å². The first-order chi connectivity index (χ1) is 17.0. The fourth-order valence-corrected chi connectivity index (χ4v) is 4.38. The Morgan fingerprint density at radius 2 is 1.83 bits per heavy atom. The monoisotopic (exact) mass is 467 g/mol. The minimum atomic E-state index is 0.213. The van der Waals surface area contributed by atoms with E-state index in [1.807, 2.05) is 59.1 Å². The number of hydrogen-bond donors (Lipinski definition) is 1. The van der Waals surface area contributed by atoms with E-state index in [1.165, 1.54) is 5.56 Å². The van der Waals surface area contributed by atoms with Gasteiger partial charge in [0.25, 0.3) is 0 Å². The van der Waals surface area contributed by atoms with E-state index >= 15 is 0 Å². The summed E-state index contributed by atoms with van der Waals surface area (Å²) in [5, 5.41) is 7.86. The van der Waals surface area contributed by atoms with E-state index in [1.54, 1.807) is 12.4 Å². The summed E-state index contributed by atoms with van der Waals surface area (Å²) in [6.45, 7) is 5.30. The lowest BCUT2D eigenvalue weighted by atomic mass is 10.1. The van der Waals surface area contributed by atoms with E-state index in [2.05, 4.69) is 45.4 Å². The second-order valence-corrected chi connectivity index (χ2v) is 8.90. The van der Waals surface area contributed by atoms with Crippen LogP contribution in [-0.4, -0.2) is 62.1 Å². The van der Waals surface area contributed by atoms with E-state index in [0.29, 0.717) is 12.4 Å². The molecule has 1 aliphatic heterocycles. The Kier molecular flexibility index (Phi) is 6.54. The smallest absolute Gasteiger partial charge is 0.227 e. The zero-order chi connectivity index (χ0) is 24.2. The Morgan fingerprint density at radius 3 is 2.69 bits per heavy atom. The number of para-hydroxylation sites is 1. The average Bonchev–Trinajstić information content (AvgIpc) is 3.30. The zero-order valence-corrected chi connectivity index (χ0v) is 20.1. The molecular formula is C27H29N7O. The molecular weight excluding hydrogens is 438 g/mol. The summed E-state index contributed by atoms with van der Waals surface area (Å²) in [6.07, 6.45) is 4.10. The first-order valence-corrected chi connectivity index (χ1v) is 11.8. The van der Waals surface area contributed by atoms with Gasteiger partial charge in [-0.1, -0.05) is 24.3 Å². The predicted molar refractivity (Wildman–Crippen MR) is 137 cm³/mol. The highest BCUT2D eigenvalue weighted by Gasteiger charge is 2.18. The van der Waals surface area contributed by atoms with Crippen molar-refractivity contribution in [2.75, 3.05) is 32.0 Å². The molecule has 1 N–H and O–H groups in total. The van der Waals surface area contributed by atoms with Gasteiger partial charge in [-0.3, -0.25) is 9.69 Å². The maximum Gasteiger partial charge on any atom is 0.227 e. The van der Waals surface area contributed by atoms with Crippen molar-refractivity contribution in [3.63, 3.8) is 0 Å². The summed E-state index contributed by atoms with van der Waals surface area (Å²) in [7, 11) is 1.88. The van der Waals surface area contributed by atoms with Crippen LogP contribution in [0.3, 0.4) is 0 Å². The molecule has 4 aromatic rings. The quantitative estimate of drug-likeness (QED) is 0.461. The largest absolute Gasteiger partial charge is 0.344 e. The van der Waals surface area contributed by atoms with Crippen LogP contribution in [-0.2, 0) is 11.3 Å². The zero-order valence-electron chi connectivity index (χ0n) is 20.1. The maximum absolute atomic E-state index is 12.0. The number of hydrogen-bond acceptors (Lipinski definition) is 6. The van der Waals surface area contributed by atoms with Crippen LogP contribution in [0.1, 0.15) is 17.5 Å². The number of anilines is 2. The van der Waals surface area contributed by atoms with Gasteiger partial charge < -0.3 is 10.2 Å². The van der Waals surface area contributed by atoms with Gasteiger partial charge in [0, 0.05) is 51.5 Å². The molecule has 178 valence electrons. The van der Waals surface area contributed by atoms with E-state index in [-0.39, 0.29) is 5.91 Å². The molecule has 1 fully saturated rings. The third kappa shape index (κ3) is 5.38. The molecule has 0 unspecified atom stereocenters. The van der Waals surface area contributed by atoms with E-state index in [9.17, 15) is 4.79 Å². The summed E-state index contributed by atoms with van der Waals surface area (Å²) in [6, 6.07) is 20.3. The van der Waals surface area contributed by atoms with Gasteiger partial charge in [-0.2, -0.15) is 5.10 Å². The first kappa shape index (κ1) is 22.7. The highest BCUT2D eigenvalue weighted by atomic mass is 16.2. The Morgan fingerprint density at radius 1 is 0.971 bits per heavy atom. The van der Waals surface area contributed by atoms with Crippen LogP contribution >= 0.6 is 0 Å². The fraction of sp³-hybridized carbons (Fsp3) is 0.259. The van der Waals surface area contributed by atoms with Gasteiger partial charge in [0.1, 0.15) is 0 Å². The first-order valence-electron chi connectivity index (χ1n) is 11.8. The lowest BCUT2D eigenvalue weighted by Gasteiger charge is -2.20. The standard InChI is InChI=1S/C27H29N7O/c1-20-16-21(19-33-13-10-26(35)32(2)14-15-33)18-22(17-20)30-27-28-11-8-24(31-27)25-9-12-29-34(25)23-6-4-3-5-7-23/h3-9,11-12,16-18H,10,13-15,19H2,1-2H3,(H,28,30,31). The fourth-order valence-electron chi connectivity index (χ4n) is 4.38. The molecule has 5 rings (SSSR count). The molecule has 0 bridgehead atoms. The lowest BCUT2D eigenvalue weighted by molar-refractivity contribution is -0.129. The third-order valence-corrected chi connectivity index (χ3v) is 6.18. The molecule has 0 radical (unpaired) electrons. The number of amides is 1. The van der Waals surface area contributed by atoms with Crippen molar-refractivity contribution in [3.8, 4) is 17.1 Å². The minimum Gasteiger partial charge on any atom is -0.344 e. The molecule has 1 aliphatic rings. The number of rotatable bonds is 6. The lowest BCUT2D eigenvalue weighted by Crippen LogP contribution is -2.29. The Labute approximate surface area is 205 Å². The molecule has 35 heavy (non-hydrogen) atoms. The van der Waals surface area contributed by atoms with Crippen molar-refractivity contribution in [1.29, 1.82) is 0 Å². The molecule has 1 amide bonds. The highest BCUT2D eigenvalue weighted by Crippen LogP contribution is 2.23. The van der Waals surface area contributed by atoms with Crippen LogP contribution in [0.2, 0.25) is 0 Å². The Hall–Kier alpha value is -4.04. The summed E-state index contributed by atoms with van der Waals surface area (Å²) in [5.74, 6) is 0.742. The molecule has 0 atom stereocenters. The topological polar surface area (TPSA) is 79.2 Å². The Bertz CT molecular complexity index is 1320.